The molecule has 0 N–H and O–H groups in total. The van der Waals surface area contributed by atoms with E-state index in [4.69, 9.17) is 4.74 Å². The zero-order chi connectivity index (χ0) is 32.1. The highest BCUT2D eigenvalue weighted by atomic mass is 32.2. The van der Waals surface area contributed by atoms with Gasteiger partial charge in [-0.2, -0.15) is 18.3 Å². The molecule has 0 bridgehead atoms. The van der Waals surface area contributed by atoms with E-state index in [1.165, 1.54) is 48.3 Å². The van der Waals surface area contributed by atoms with Gasteiger partial charge in [0.05, 0.1) is 34.2 Å². The van der Waals surface area contributed by atoms with E-state index < -0.39 is 46.5 Å². The Kier molecular flexibility index (Phi) is 9.76. The van der Waals surface area contributed by atoms with Crippen LogP contribution in [0.5, 0.6) is 0 Å². The van der Waals surface area contributed by atoms with Gasteiger partial charge in [-0.3, -0.25) is 9.59 Å². The third-order valence-corrected chi connectivity index (χ3v) is 7.68. The minimum atomic E-state index is -4.72. The molecule has 2 aromatic carbocycles. The fourth-order valence-electron chi connectivity index (χ4n) is 4.40. The molecule has 236 valence electrons. The molecule has 1 saturated heterocycles. The van der Waals surface area contributed by atoms with Gasteiger partial charge in [-0.05, 0) is 48.7 Å². The highest BCUT2D eigenvalue weighted by Gasteiger charge is 2.35. The van der Waals surface area contributed by atoms with Gasteiger partial charge in [0, 0.05) is 18.7 Å². The van der Waals surface area contributed by atoms with Gasteiger partial charge in [-0.1, -0.05) is 24.3 Å². The molecule has 44 heavy (non-hydrogen) atoms. The number of hydrazine groups is 1. The summed E-state index contributed by atoms with van der Waals surface area (Å²) in [6.45, 7) is 0.909. The molecule has 2 heterocycles. The summed E-state index contributed by atoms with van der Waals surface area (Å²) in [4.78, 5) is 28.1. The lowest BCUT2D eigenvalue weighted by Crippen LogP contribution is -2.39. The summed E-state index contributed by atoms with van der Waals surface area (Å²) in [5.41, 5.74) is 0.0880. The Morgan fingerprint density at radius 1 is 1.11 bits per heavy atom. The number of hydrogen-bond donors (Lipinski definition) is 0. The van der Waals surface area contributed by atoms with Gasteiger partial charge in [-0.25, -0.2) is 13.1 Å². The molecule has 1 aromatic heterocycles. The molecular formula is C27H28F3N5O8S. The number of ether oxygens (including phenoxy) is 2. The molecule has 0 saturated carbocycles. The first-order valence-electron chi connectivity index (χ1n) is 13.1. The molecule has 0 amide bonds. The van der Waals surface area contributed by atoms with E-state index in [0.717, 1.165) is 17.0 Å². The van der Waals surface area contributed by atoms with Crippen molar-refractivity contribution in [1.29, 1.82) is 0 Å². The fourth-order valence-corrected chi connectivity index (χ4v) is 5.03. The average molecular weight is 640 g/mol. The van der Waals surface area contributed by atoms with Gasteiger partial charge in [0.1, 0.15) is 12.6 Å². The molecule has 1 atom stereocenters. The lowest BCUT2D eigenvalue weighted by molar-refractivity contribution is -0.715. The van der Waals surface area contributed by atoms with Gasteiger partial charge in [-0.15, -0.1) is 5.01 Å². The molecule has 1 fully saturated rings. The zero-order valence-electron chi connectivity index (χ0n) is 23.6. The number of nitrogens with zero attached hydrogens (tertiary/aromatic N) is 5. The van der Waals surface area contributed by atoms with Crippen LogP contribution in [0.1, 0.15) is 31.0 Å². The van der Waals surface area contributed by atoms with E-state index in [-0.39, 0.29) is 34.3 Å². The van der Waals surface area contributed by atoms with Crippen LogP contribution in [0.25, 0.3) is 16.9 Å². The molecule has 0 spiro atoms. The second-order valence-corrected chi connectivity index (χ2v) is 11.8. The summed E-state index contributed by atoms with van der Waals surface area (Å²) in [5.74, 6) is -1.18. The second kappa shape index (κ2) is 13.3. The summed E-state index contributed by atoms with van der Waals surface area (Å²) >= 11 is 0. The van der Waals surface area contributed by atoms with Crippen LogP contribution < -0.4 is 0 Å². The third-order valence-electron chi connectivity index (χ3n) is 6.55. The number of rotatable bonds is 11. The van der Waals surface area contributed by atoms with Crippen LogP contribution in [-0.4, -0.2) is 72.4 Å². The first kappa shape index (κ1) is 32.2. The highest BCUT2D eigenvalue weighted by molar-refractivity contribution is 7.90. The summed E-state index contributed by atoms with van der Waals surface area (Å²) in [5, 5.41) is 20.5. The normalized spacial score (nSPS) is 15.7. The van der Waals surface area contributed by atoms with Gasteiger partial charge in [0.25, 0.3) is 6.79 Å². The van der Waals surface area contributed by atoms with E-state index in [1.807, 2.05) is 0 Å². The van der Waals surface area contributed by atoms with Crippen molar-refractivity contribution in [2.45, 2.75) is 43.3 Å². The maximum absolute atomic E-state index is 13.5. The molecule has 0 aliphatic carbocycles. The molecule has 0 radical (unpaired) electrons. The van der Waals surface area contributed by atoms with Crippen molar-refractivity contribution < 1.29 is 50.5 Å². The van der Waals surface area contributed by atoms with Crippen molar-refractivity contribution in [3.05, 3.63) is 71.1 Å². The van der Waals surface area contributed by atoms with Crippen molar-refractivity contribution in [2.24, 2.45) is 5.28 Å². The van der Waals surface area contributed by atoms with E-state index in [9.17, 15) is 36.4 Å². The number of benzene rings is 2. The summed E-state index contributed by atoms with van der Waals surface area (Å²) in [6, 6.07) is 11.9. The lowest BCUT2D eigenvalue weighted by atomic mass is 10.1. The Morgan fingerprint density at radius 3 is 2.41 bits per heavy atom. The van der Waals surface area contributed by atoms with E-state index in [1.54, 1.807) is 12.1 Å². The highest BCUT2D eigenvalue weighted by Crippen LogP contribution is 2.33. The van der Waals surface area contributed by atoms with Crippen LogP contribution in [0.3, 0.4) is 0 Å². The largest absolute Gasteiger partial charge is 0.569 e. The Balaban J connectivity index is 1.42. The van der Waals surface area contributed by atoms with Gasteiger partial charge >= 0.3 is 18.1 Å². The summed E-state index contributed by atoms with van der Waals surface area (Å²) in [6.07, 6.45) is -2.63. The van der Waals surface area contributed by atoms with Crippen LogP contribution in [-0.2, 0) is 46.3 Å². The number of alkyl halides is 3. The van der Waals surface area contributed by atoms with E-state index in [2.05, 4.69) is 20.0 Å². The second-order valence-electron chi connectivity index (χ2n) is 9.82. The number of esters is 2. The lowest BCUT2D eigenvalue weighted by Gasteiger charge is -2.19. The van der Waals surface area contributed by atoms with Gasteiger partial charge < -0.3 is 19.5 Å². The third kappa shape index (κ3) is 8.24. The number of aromatic nitrogens is 2. The van der Waals surface area contributed by atoms with Gasteiger partial charge in [0.15, 0.2) is 15.5 Å². The van der Waals surface area contributed by atoms with Crippen molar-refractivity contribution >= 4 is 21.8 Å². The maximum Gasteiger partial charge on any atom is 0.435 e. The minimum Gasteiger partial charge on any atom is -0.569 e. The number of hydrogen-bond acceptors (Lipinski definition) is 10. The number of carbonyl (C=O) groups is 2. The van der Waals surface area contributed by atoms with Crippen LogP contribution in [0.15, 0.2) is 64.8 Å². The first-order chi connectivity index (χ1) is 20.7. The van der Waals surface area contributed by atoms with Crippen LogP contribution in [0.2, 0.25) is 0 Å². The average Bonchev–Trinajstić information content (AvgIpc) is 3.62. The summed E-state index contributed by atoms with van der Waals surface area (Å²) < 4.78 is 75.1. The fraction of sp³-hybridized carbons (Fsp3) is 0.370. The molecule has 1 aliphatic heterocycles. The smallest absolute Gasteiger partial charge is 0.435 e. The number of carbonyl (C=O) groups excluding carboxylic acids is 2. The molecule has 13 nitrogen and oxygen atoms in total. The topological polar surface area (TPSA) is 155 Å². The Hall–Kier alpha value is -4.67. The predicted octanol–water partition coefficient (Wildman–Crippen LogP) is 3.84. The monoisotopic (exact) mass is 639 g/mol. The van der Waals surface area contributed by atoms with Crippen molar-refractivity contribution in [3.8, 4) is 16.9 Å². The van der Waals surface area contributed by atoms with Crippen molar-refractivity contribution in [1.82, 2.24) is 14.8 Å². The predicted molar refractivity (Wildman–Crippen MR) is 145 cm³/mol. The Bertz CT molecular complexity index is 1620. The quantitative estimate of drug-likeness (QED) is 0.0755. The zero-order valence-corrected chi connectivity index (χ0v) is 24.4. The molecule has 3 aromatic rings. The van der Waals surface area contributed by atoms with Gasteiger partial charge in [0.2, 0.25) is 5.28 Å². The molecule has 17 heteroatoms. The van der Waals surface area contributed by atoms with Crippen LogP contribution in [0, 0.1) is 5.21 Å². The van der Waals surface area contributed by atoms with E-state index >= 15 is 0 Å². The minimum absolute atomic E-state index is 0.00787. The van der Waals surface area contributed by atoms with Crippen LogP contribution in [0.4, 0.5) is 13.2 Å². The van der Waals surface area contributed by atoms with E-state index in [0.29, 0.717) is 30.5 Å². The Labute approximate surface area is 249 Å². The molecule has 0 unspecified atom stereocenters. The standard InChI is InChI=1S/C27H28F3N5O8S/c1-18(36)42-17-43-32-35(38)33-13-3-4-22(33)16-41-26(37)14-19-5-7-20(8-6-19)24-15-25(27(28,29)30)31-34(24)21-9-11-23(12-10-21)44(2,39)40/h5-12,15,22H,3-4,13-14,16-17H2,1-2H3/b35-32-/t22-/m0/s1. The SMILES string of the molecule is CC(=O)OCO/N=[N+](\[O-])N1CCC[C@H]1COC(=O)Cc1ccc(-c2cc(C(F)(F)F)nn2-c2ccc(S(C)(=O)=O)cc2)cc1. The summed E-state index contributed by atoms with van der Waals surface area (Å²) in [7, 11) is -3.51. The number of halogens is 3. The molecule has 4 rings (SSSR count). The van der Waals surface area contributed by atoms with Crippen LogP contribution >= 0.6 is 0 Å². The molecular weight excluding hydrogens is 611 g/mol. The van der Waals surface area contributed by atoms with Crippen molar-refractivity contribution in [3.63, 3.8) is 0 Å². The Morgan fingerprint density at radius 2 is 1.80 bits per heavy atom. The first-order valence-corrected chi connectivity index (χ1v) is 15.0. The molecule has 1 aliphatic rings. The number of sulfone groups is 1. The maximum atomic E-state index is 13.5. The van der Waals surface area contributed by atoms with Crippen molar-refractivity contribution in [2.75, 3.05) is 26.2 Å².